The van der Waals surface area contributed by atoms with E-state index in [1.54, 1.807) is 0 Å². The average Bonchev–Trinajstić information content (AvgIpc) is 3.23. The molecule has 1 saturated heterocycles. The number of carbonyl (C=O) groups is 1. The number of para-hydroxylation sites is 1. The van der Waals surface area contributed by atoms with Crippen molar-refractivity contribution in [2.75, 3.05) is 31.1 Å². The summed E-state index contributed by atoms with van der Waals surface area (Å²) < 4.78 is 5.54. The fourth-order valence-corrected chi connectivity index (χ4v) is 3.88. The van der Waals surface area contributed by atoms with E-state index < -0.39 is 0 Å². The van der Waals surface area contributed by atoms with Crippen LogP contribution in [-0.2, 0) is 5.41 Å². The van der Waals surface area contributed by atoms with Crippen molar-refractivity contribution in [1.82, 2.24) is 9.88 Å². The van der Waals surface area contributed by atoms with Gasteiger partial charge in [-0.1, -0.05) is 69.3 Å². The molecule has 0 aliphatic carbocycles. The molecule has 2 aromatic carbocycles. The van der Waals surface area contributed by atoms with E-state index in [1.165, 1.54) is 17.6 Å². The van der Waals surface area contributed by atoms with Gasteiger partial charge in [-0.2, -0.15) is 0 Å². The highest BCUT2D eigenvalue weighted by Gasteiger charge is 2.28. The van der Waals surface area contributed by atoms with E-state index in [-0.39, 0.29) is 11.3 Å². The number of anilines is 1. The van der Waals surface area contributed by atoms with Gasteiger partial charge in [0, 0.05) is 37.4 Å². The lowest BCUT2D eigenvalue weighted by molar-refractivity contribution is 0.0741. The number of hydrogen-bond acceptors (Lipinski definition) is 4. The number of benzene rings is 2. The molecule has 5 heteroatoms. The highest BCUT2D eigenvalue weighted by Crippen LogP contribution is 2.32. The van der Waals surface area contributed by atoms with Gasteiger partial charge in [0.25, 0.3) is 5.91 Å². The summed E-state index contributed by atoms with van der Waals surface area (Å²) in [6.07, 6.45) is 1.35. The van der Waals surface area contributed by atoms with Gasteiger partial charge in [0.1, 0.15) is 0 Å². The molecule has 2 heterocycles. The van der Waals surface area contributed by atoms with Crippen molar-refractivity contribution < 1.29 is 9.21 Å². The van der Waals surface area contributed by atoms with Crippen LogP contribution in [0.25, 0.3) is 11.3 Å². The SMILES string of the molecule is CC(C)(C)c1ccccc1N1CCN(C(=O)c2ncoc2-c2ccccc2)CC1. The smallest absolute Gasteiger partial charge is 0.276 e. The molecule has 150 valence electrons. The van der Waals surface area contributed by atoms with Crippen LogP contribution in [0.1, 0.15) is 36.8 Å². The first-order valence-corrected chi connectivity index (χ1v) is 10.1. The van der Waals surface area contributed by atoms with Crippen molar-refractivity contribution >= 4 is 11.6 Å². The maximum atomic E-state index is 13.1. The third-order valence-corrected chi connectivity index (χ3v) is 5.43. The topological polar surface area (TPSA) is 49.6 Å². The summed E-state index contributed by atoms with van der Waals surface area (Å²) in [5.74, 6) is 0.470. The summed E-state index contributed by atoms with van der Waals surface area (Å²) in [5.41, 5.74) is 3.93. The second-order valence-electron chi connectivity index (χ2n) is 8.44. The molecule has 0 saturated carbocycles. The number of nitrogens with zero attached hydrogens (tertiary/aromatic N) is 3. The third-order valence-electron chi connectivity index (χ3n) is 5.43. The zero-order valence-electron chi connectivity index (χ0n) is 17.3. The number of amides is 1. The maximum Gasteiger partial charge on any atom is 0.276 e. The lowest BCUT2D eigenvalue weighted by Gasteiger charge is -2.38. The van der Waals surface area contributed by atoms with Crippen LogP contribution in [-0.4, -0.2) is 42.0 Å². The van der Waals surface area contributed by atoms with E-state index in [2.05, 4.69) is 54.9 Å². The van der Waals surface area contributed by atoms with Gasteiger partial charge in [-0.3, -0.25) is 4.79 Å². The molecule has 29 heavy (non-hydrogen) atoms. The van der Waals surface area contributed by atoms with Gasteiger partial charge in [-0.25, -0.2) is 4.98 Å². The summed E-state index contributed by atoms with van der Waals surface area (Å²) in [4.78, 5) is 21.6. The molecular weight excluding hydrogens is 362 g/mol. The van der Waals surface area contributed by atoms with Crippen molar-refractivity contribution in [3.05, 3.63) is 72.2 Å². The van der Waals surface area contributed by atoms with Crippen LogP contribution in [0.3, 0.4) is 0 Å². The minimum Gasteiger partial charge on any atom is -0.443 e. The minimum atomic E-state index is -0.0682. The molecule has 0 radical (unpaired) electrons. The molecule has 0 spiro atoms. The van der Waals surface area contributed by atoms with E-state index in [1.807, 2.05) is 35.2 Å². The van der Waals surface area contributed by atoms with Crippen LogP contribution in [0.15, 0.2) is 65.4 Å². The Morgan fingerprint density at radius 3 is 2.28 bits per heavy atom. The van der Waals surface area contributed by atoms with E-state index in [0.717, 1.165) is 18.7 Å². The van der Waals surface area contributed by atoms with Gasteiger partial charge in [-0.15, -0.1) is 0 Å². The van der Waals surface area contributed by atoms with E-state index in [9.17, 15) is 4.79 Å². The predicted octanol–water partition coefficient (Wildman–Crippen LogP) is 4.60. The van der Waals surface area contributed by atoms with Crippen LogP contribution in [0.2, 0.25) is 0 Å². The highest BCUT2D eigenvalue weighted by atomic mass is 16.3. The molecule has 1 aliphatic rings. The second-order valence-corrected chi connectivity index (χ2v) is 8.44. The van der Waals surface area contributed by atoms with E-state index >= 15 is 0 Å². The van der Waals surface area contributed by atoms with Crippen molar-refractivity contribution in [2.24, 2.45) is 0 Å². The minimum absolute atomic E-state index is 0.0682. The molecule has 0 unspecified atom stereocenters. The zero-order chi connectivity index (χ0) is 20.4. The van der Waals surface area contributed by atoms with Gasteiger partial charge >= 0.3 is 0 Å². The molecule has 0 bridgehead atoms. The number of oxazole rings is 1. The lowest BCUT2D eigenvalue weighted by atomic mass is 9.85. The molecule has 0 atom stereocenters. The van der Waals surface area contributed by atoms with Crippen molar-refractivity contribution in [3.63, 3.8) is 0 Å². The molecule has 3 aromatic rings. The fraction of sp³-hybridized carbons (Fsp3) is 0.333. The zero-order valence-corrected chi connectivity index (χ0v) is 17.3. The Bertz CT molecular complexity index is 981. The second kappa shape index (κ2) is 7.74. The Morgan fingerprint density at radius 2 is 1.59 bits per heavy atom. The molecule has 4 rings (SSSR count). The normalized spacial score (nSPS) is 14.9. The fourth-order valence-electron chi connectivity index (χ4n) is 3.88. The Morgan fingerprint density at radius 1 is 0.931 bits per heavy atom. The van der Waals surface area contributed by atoms with Crippen molar-refractivity contribution in [1.29, 1.82) is 0 Å². The van der Waals surface area contributed by atoms with Crippen LogP contribution in [0.5, 0.6) is 0 Å². The maximum absolute atomic E-state index is 13.1. The first kappa shape index (κ1) is 19.2. The molecule has 1 aliphatic heterocycles. The summed E-state index contributed by atoms with van der Waals surface area (Å²) in [7, 11) is 0. The number of aromatic nitrogens is 1. The van der Waals surface area contributed by atoms with Crippen LogP contribution < -0.4 is 4.90 Å². The quantitative estimate of drug-likeness (QED) is 0.657. The van der Waals surface area contributed by atoms with Crippen LogP contribution >= 0.6 is 0 Å². The largest absolute Gasteiger partial charge is 0.443 e. The summed E-state index contributed by atoms with van der Waals surface area (Å²) in [6, 6.07) is 18.2. The van der Waals surface area contributed by atoms with Gasteiger partial charge in [0.2, 0.25) is 0 Å². The molecule has 5 nitrogen and oxygen atoms in total. The standard InChI is InChI=1S/C24H27N3O2/c1-24(2,3)19-11-7-8-12-20(19)26-13-15-27(16-14-26)23(28)21-22(29-17-25-21)18-9-5-4-6-10-18/h4-12,17H,13-16H2,1-3H3. The van der Waals surface area contributed by atoms with Gasteiger partial charge < -0.3 is 14.2 Å². The molecular formula is C24H27N3O2. The third kappa shape index (κ3) is 3.90. The Hall–Kier alpha value is -3.08. The Balaban J connectivity index is 1.49. The molecule has 0 N–H and O–H groups in total. The summed E-state index contributed by atoms with van der Waals surface area (Å²) >= 11 is 0. The monoisotopic (exact) mass is 389 g/mol. The predicted molar refractivity (Wildman–Crippen MR) is 115 cm³/mol. The molecule has 1 aromatic heterocycles. The van der Waals surface area contributed by atoms with Gasteiger partial charge in [0.05, 0.1) is 0 Å². The molecule has 1 fully saturated rings. The molecule has 1 amide bonds. The Kier molecular flexibility index (Phi) is 5.14. The van der Waals surface area contributed by atoms with Crippen LogP contribution in [0.4, 0.5) is 5.69 Å². The van der Waals surface area contributed by atoms with E-state index in [4.69, 9.17) is 4.42 Å². The van der Waals surface area contributed by atoms with Gasteiger partial charge in [-0.05, 0) is 17.0 Å². The number of piperazine rings is 1. The number of rotatable bonds is 3. The highest BCUT2D eigenvalue weighted by molar-refractivity contribution is 5.97. The van der Waals surface area contributed by atoms with E-state index in [0.29, 0.717) is 24.5 Å². The van der Waals surface area contributed by atoms with Crippen LogP contribution in [0, 0.1) is 0 Å². The first-order valence-electron chi connectivity index (χ1n) is 10.1. The average molecular weight is 389 g/mol. The first-order chi connectivity index (χ1) is 13.9. The Labute approximate surface area is 172 Å². The summed E-state index contributed by atoms with van der Waals surface area (Å²) in [5, 5.41) is 0. The summed E-state index contributed by atoms with van der Waals surface area (Å²) in [6.45, 7) is 9.65. The van der Waals surface area contributed by atoms with Crippen molar-refractivity contribution in [3.8, 4) is 11.3 Å². The van der Waals surface area contributed by atoms with Gasteiger partial charge in [0.15, 0.2) is 17.8 Å². The number of hydrogen-bond donors (Lipinski definition) is 0. The lowest BCUT2D eigenvalue weighted by Crippen LogP contribution is -2.49. The number of carbonyl (C=O) groups excluding carboxylic acids is 1. The van der Waals surface area contributed by atoms with Crippen molar-refractivity contribution in [2.45, 2.75) is 26.2 Å².